The molecule has 19 heavy (non-hydrogen) atoms. The van der Waals surface area contributed by atoms with Crippen molar-refractivity contribution in [3.63, 3.8) is 0 Å². The van der Waals surface area contributed by atoms with Crippen LogP contribution in [0.2, 0.25) is 0 Å². The maximum atomic E-state index is 11.9. The molecular weight excluding hydrogens is 304 g/mol. The van der Waals surface area contributed by atoms with Crippen molar-refractivity contribution in [3.05, 3.63) is 64.1 Å². The van der Waals surface area contributed by atoms with Gasteiger partial charge < -0.3 is 4.74 Å². The highest BCUT2D eigenvalue weighted by molar-refractivity contribution is 9.10. The van der Waals surface area contributed by atoms with Gasteiger partial charge in [-0.25, -0.2) is 0 Å². The van der Waals surface area contributed by atoms with E-state index >= 15 is 0 Å². The summed E-state index contributed by atoms with van der Waals surface area (Å²) in [6.07, 6.45) is 1.26. The van der Waals surface area contributed by atoms with Crippen LogP contribution in [-0.2, 0) is 11.2 Å². The number of benzene rings is 2. The van der Waals surface area contributed by atoms with Crippen LogP contribution >= 0.6 is 15.9 Å². The Hall–Kier alpha value is -1.61. The van der Waals surface area contributed by atoms with Crippen LogP contribution in [0.15, 0.2) is 53.0 Å². The highest BCUT2D eigenvalue weighted by Gasteiger charge is 2.24. The Labute approximate surface area is 120 Å². The van der Waals surface area contributed by atoms with E-state index in [9.17, 15) is 4.79 Å². The van der Waals surface area contributed by atoms with E-state index in [1.807, 2.05) is 36.4 Å². The second-order valence-corrected chi connectivity index (χ2v) is 5.65. The molecule has 0 amide bonds. The maximum absolute atomic E-state index is 11.9. The van der Waals surface area contributed by atoms with Crippen molar-refractivity contribution in [2.75, 3.05) is 0 Å². The molecule has 0 aliphatic carbocycles. The molecule has 0 unspecified atom stereocenters. The summed E-state index contributed by atoms with van der Waals surface area (Å²) in [4.78, 5) is 11.9. The lowest BCUT2D eigenvalue weighted by atomic mass is 9.90. The largest absolute Gasteiger partial charge is 0.426 e. The van der Waals surface area contributed by atoms with Gasteiger partial charge in [0.1, 0.15) is 5.75 Å². The van der Waals surface area contributed by atoms with E-state index < -0.39 is 0 Å². The first-order valence-corrected chi connectivity index (χ1v) is 7.06. The number of hydrogen-bond donors (Lipinski definition) is 0. The van der Waals surface area contributed by atoms with Gasteiger partial charge in [0.15, 0.2) is 0 Å². The van der Waals surface area contributed by atoms with E-state index in [1.165, 1.54) is 5.56 Å². The molecule has 0 fully saturated rings. The minimum atomic E-state index is -0.155. The number of esters is 1. The summed E-state index contributed by atoms with van der Waals surface area (Å²) < 4.78 is 6.43. The van der Waals surface area contributed by atoms with E-state index in [4.69, 9.17) is 4.74 Å². The van der Waals surface area contributed by atoms with Gasteiger partial charge in [0, 0.05) is 4.47 Å². The number of ether oxygens (including phenoxy) is 1. The van der Waals surface area contributed by atoms with Crippen molar-refractivity contribution >= 4 is 21.9 Å². The molecule has 0 spiro atoms. The van der Waals surface area contributed by atoms with Gasteiger partial charge in [-0.1, -0.05) is 46.3 Å². The first-order chi connectivity index (χ1) is 9.22. The highest BCUT2D eigenvalue weighted by Crippen LogP contribution is 2.33. The molecular formula is C16H13BrO2. The molecule has 0 N–H and O–H groups in total. The Morgan fingerprint density at radius 2 is 1.74 bits per heavy atom. The van der Waals surface area contributed by atoms with E-state index in [0.717, 1.165) is 16.5 Å². The van der Waals surface area contributed by atoms with E-state index in [0.29, 0.717) is 12.2 Å². The zero-order chi connectivity index (χ0) is 13.2. The fraction of sp³-hybridized carbons (Fsp3) is 0.188. The van der Waals surface area contributed by atoms with Crippen LogP contribution in [0, 0.1) is 0 Å². The maximum Gasteiger partial charge on any atom is 0.311 e. The van der Waals surface area contributed by atoms with Crippen LogP contribution in [0.1, 0.15) is 23.5 Å². The summed E-state index contributed by atoms with van der Waals surface area (Å²) in [6.45, 7) is 0. The summed E-state index contributed by atoms with van der Waals surface area (Å²) in [5.74, 6) is 0.731. The molecule has 2 aromatic carbocycles. The molecule has 3 heteroatoms. The summed E-state index contributed by atoms with van der Waals surface area (Å²) in [5.41, 5.74) is 2.28. The molecule has 1 heterocycles. The van der Waals surface area contributed by atoms with E-state index in [2.05, 4.69) is 28.1 Å². The molecule has 3 rings (SSSR count). The minimum Gasteiger partial charge on any atom is -0.426 e. The fourth-order valence-corrected chi connectivity index (χ4v) is 2.71. The van der Waals surface area contributed by atoms with Crippen LogP contribution in [0.3, 0.4) is 0 Å². The summed E-state index contributed by atoms with van der Waals surface area (Å²) in [7, 11) is 0. The standard InChI is InChI=1S/C16H13BrO2/c17-14-7-5-11(6-8-14)13-9-12-3-1-2-4-15(12)19-16(18)10-13/h1-8,13H,9-10H2/t13-/m1/s1. The number of hydrogen-bond acceptors (Lipinski definition) is 2. The monoisotopic (exact) mass is 316 g/mol. The summed E-state index contributed by atoms with van der Waals surface area (Å²) >= 11 is 3.43. The Morgan fingerprint density at radius 1 is 1.00 bits per heavy atom. The van der Waals surface area contributed by atoms with Gasteiger partial charge in [0.25, 0.3) is 0 Å². The summed E-state index contributed by atoms with van der Waals surface area (Å²) in [6, 6.07) is 15.9. The number of carbonyl (C=O) groups excluding carboxylic acids is 1. The first-order valence-electron chi connectivity index (χ1n) is 6.26. The third-order valence-corrected chi connectivity index (χ3v) is 3.95. The Morgan fingerprint density at radius 3 is 2.53 bits per heavy atom. The van der Waals surface area contributed by atoms with Crippen molar-refractivity contribution in [3.8, 4) is 5.75 Å². The normalized spacial score (nSPS) is 18.4. The minimum absolute atomic E-state index is 0.155. The van der Waals surface area contributed by atoms with E-state index in [1.54, 1.807) is 0 Å². The SMILES string of the molecule is O=C1C[C@H](c2ccc(Br)cc2)Cc2ccccc2O1. The molecule has 2 aromatic rings. The molecule has 0 saturated carbocycles. The number of fused-ring (bicyclic) bond motifs is 1. The molecule has 0 saturated heterocycles. The van der Waals surface area contributed by atoms with Crippen molar-refractivity contribution in [1.82, 2.24) is 0 Å². The molecule has 1 atom stereocenters. The topological polar surface area (TPSA) is 26.3 Å². The fourth-order valence-electron chi connectivity index (χ4n) is 2.45. The molecule has 2 nitrogen and oxygen atoms in total. The van der Waals surface area contributed by atoms with Gasteiger partial charge >= 0.3 is 5.97 Å². The van der Waals surface area contributed by atoms with Crippen LogP contribution in [0.4, 0.5) is 0 Å². The lowest BCUT2D eigenvalue weighted by molar-refractivity contribution is -0.134. The van der Waals surface area contributed by atoms with Crippen molar-refractivity contribution in [1.29, 1.82) is 0 Å². The molecule has 0 radical (unpaired) electrons. The zero-order valence-electron chi connectivity index (χ0n) is 10.3. The zero-order valence-corrected chi connectivity index (χ0v) is 11.9. The van der Waals surface area contributed by atoms with Gasteiger partial charge in [-0.05, 0) is 41.7 Å². The van der Waals surface area contributed by atoms with Gasteiger partial charge in [-0.3, -0.25) is 4.79 Å². The second kappa shape index (κ2) is 5.17. The molecule has 0 aromatic heterocycles. The van der Waals surface area contributed by atoms with Crippen LogP contribution in [-0.4, -0.2) is 5.97 Å². The van der Waals surface area contributed by atoms with Gasteiger partial charge in [-0.15, -0.1) is 0 Å². The van der Waals surface area contributed by atoms with Crippen LogP contribution in [0.5, 0.6) is 5.75 Å². The molecule has 1 aliphatic heterocycles. The Kier molecular flexibility index (Phi) is 3.38. The predicted octanol–water partition coefficient (Wildman–Crippen LogP) is 4.08. The lowest BCUT2D eigenvalue weighted by Gasteiger charge is -2.13. The first kappa shape index (κ1) is 12.4. The average molecular weight is 317 g/mol. The van der Waals surface area contributed by atoms with E-state index in [-0.39, 0.29) is 11.9 Å². The van der Waals surface area contributed by atoms with Crippen molar-refractivity contribution in [2.45, 2.75) is 18.8 Å². The van der Waals surface area contributed by atoms with Crippen molar-refractivity contribution < 1.29 is 9.53 Å². The van der Waals surface area contributed by atoms with Gasteiger partial charge in [-0.2, -0.15) is 0 Å². The quantitative estimate of drug-likeness (QED) is 0.585. The molecule has 0 bridgehead atoms. The lowest BCUT2D eigenvalue weighted by Crippen LogP contribution is -2.10. The predicted molar refractivity (Wildman–Crippen MR) is 77.3 cm³/mol. The van der Waals surface area contributed by atoms with Crippen LogP contribution in [0.25, 0.3) is 0 Å². The summed E-state index contributed by atoms with van der Waals surface area (Å²) in [5, 5.41) is 0. The smallest absolute Gasteiger partial charge is 0.311 e. The second-order valence-electron chi connectivity index (χ2n) is 4.74. The van der Waals surface area contributed by atoms with Gasteiger partial charge in [0.2, 0.25) is 0 Å². The Balaban J connectivity index is 1.95. The third kappa shape index (κ3) is 2.71. The highest BCUT2D eigenvalue weighted by atomic mass is 79.9. The Bertz CT molecular complexity index is 604. The number of para-hydroxylation sites is 1. The molecule has 96 valence electrons. The average Bonchev–Trinajstić information content (AvgIpc) is 2.57. The number of halogens is 1. The third-order valence-electron chi connectivity index (χ3n) is 3.42. The number of rotatable bonds is 1. The van der Waals surface area contributed by atoms with Crippen molar-refractivity contribution in [2.24, 2.45) is 0 Å². The van der Waals surface area contributed by atoms with Crippen LogP contribution < -0.4 is 4.74 Å². The number of carbonyl (C=O) groups is 1. The van der Waals surface area contributed by atoms with Gasteiger partial charge in [0.05, 0.1) is 6.42 Å². The molecule has 1 aliphatic rings.